The molecule has 0 aromatic heterocycles. The highest BCUT2D eigenvalue weighted by molar-refractivity contribution is 7.80. The van der Waals surface area contributed by atoms with Gasteiger partial charge in [0.05, 0.1) is 17.3 Å². The van der Waals surface area contributed by atoms with Crippen LogP contribution in [-0.4, -0.2) is 21.5 Å². The molecule has 0 radical (unpaired) electrons. The van der Waals surface area contributed by atoms with E-state index >= 15 is 4.39 Å². The van der Waals surface area contributed by atoms with Crippen molar-refractivity contribution < 1.29 is 22.4 Å². The van der Waals surface area contributed by atoms with Gasteiger partial charge in [-0.25, -0.2) is 4.39 Å². The van der Waals surface area contributed by atoms with Crippen LogP contribution in [0.4, 0.5) is 23.2 Å². The molecule has 1 aromatic rings. The number of hydrogen-bond donors (Lipinski definition) is 0. The van der Waals surface area contributed by atoms with E-state index in [-0.39, 0.29) is 5.11 Å². The van der Waals surface area contributed by atoms with Gasteiger partial charge in [-0.15, -0.1) is 0 Å². The third-order valence-corrected chi connectivity index (χ3v) is 5.78. The summed E-state index contributed by atoms with van der Waals surface area (Å²) in [4.78, 5) is 15.7. The molecule has 0 N–H and O–H groups in total. The number of benzene rings is 1. The van der Waals surface area contributed by atoms with Crippen molar-refractivity contribution in [1.29, 1.82) is 5.26 Å². The number of carbonyl (C=O) groups excluding carboxylic acids is 1. The minimum atomic E-state index is -5.11. The summed E-state index contributed by atoms with van der Waals surface area (Å²) in [5.74, 6) is -2.29. The number of allylic oxidation sites excluding steroid dienone is 4. The van der Waals surface area contributed by atoms with Crippen LogP contribution in [0.3, 0.4) is 0 Å². The maximum atomic E-state index is 15.1. The van der Waals surface area contributed by atoms with Crippen molar-refractivity contribution in [2.75, 3.05) is 4.90 Å². The second-order valence-corrected chi connectivity index (χ2v) is 8.69. The lowest BCUT2D eigenvalue weighted by atomic mass is 9.75. The number of amides is 1. The first-order chi connectivity index (χ1) is 16.9. The summed E-state index contributed by atoms with van der Waals surface area (Å²) in [5, 5.41) is 8.86. The molecule has 1 aliphatic heterocycles. The van der Waals surface area contributed by atoms with Gasteiger partial charge in [0.15, 0.2) is 10.9 Å². The number of nitrogens with zero attached hydrogens (tertiary/aromatic N) is 3. The first-order valence-corrected chi connectivity index (χ1v) is 12.3. The van der Waals surface area contributed by atoms with E-state index in [0.717, 1.165) is 29.0 Å². The first kappa shape index (κ1) is 31.0. The monoisotopic (exact) mass is 523 g/mol. The molecule has 1 heterocycles. The van der Waals surface area contributed by atoms with Crippen LogP contribution in [0.1, 0.15) is 78.4 Å². The Balaban J connectivity index is 0.00000120. The lowest BCUT2D eigenvalue weighted by Gasteiger charge is -2.43. The van der Waals surface area contributed by atoms with Crippen molar-refractivity contribution in [2.24, 2.45) is 0 Å². The first-order valence-electron chi connectivity index (χ1n) is 11.9. The molecule has 1 aromatic carbocycles. The summed E-state index contributed by atoms with van der Waals surface area (Å²) in [7, 11) is 0. The number of nitriles is 1. The standard InChI is InChI=1S/C22H19F4N3OS.C3H8.C2H6/c1-4-15(8-6-13(2)3)29-20(31)28(19(30)21(29)10-5-11-21)16-9-7-14(12-27)17(18(16)23)22(24,25)26;1-3-2;1-2/h4,6-9H,1,5,10-11H2,2-3H3;3H2,1-2H3;1-2H3/b15-8+;;. The SMILES string of the molecule is C=C/C(=C\C=C(C)C)N1C(=S)N(c2ccc(C#N)c(C(F)(F)F)c2F)C(=O)C12CCC2.CC.CCC. The van der Waals surface area contributed by atoms with Crippen molar-refractivity contribution in [3.63, 3.8) is 0 Å². The summed E-state index contributed by atoms with van der Waals surface area (Å²) >= 11 is 5.46. The molecule has 3 rings (SSSR count). The molecular weight excluding hydrogens is 490 g/mol. The van der Waals surface area contributed by atoms with Crippen LogP contribution in [0.2, 0.25) is 0 Å². The van der Waals surface area contributed by atoms with Crippen molar-refractivity contribution >= 4 is 28.9 Å². The number of alkyl halides is 3. The second kappa shape index (κ2) is 12.8. The van der Waals surface area contributed by atoms with Crippen LogP contribution >= 0.6 is 12.2 Å². The molecule has 4 nitrogen and oxygen atoms in total. The van der Waals surface area contributed by atoms with E-state index in [4.69, 9.17) is 17.5 Å². The van der Waals surface area contributed by atoms with Crippen molar-refractivity contribution in [1.82, 2.24) is 4.90 Å². The van der Waals surface area contributed by atoms with Gasteiger partial charge in [0.25, 0.3) is 5.91 Å². The number of rotatable bonds is 4. The van der Waals surface area contributed by atoms with Gasteiger partial charge in [-0.05, 0) is 69.6 Å². The molecule has 196 valence electrons. The van der Waals surface area contributed by atoms with Gasteiger partial charge in [0, 0.05) is 5.70 Å². The Morgan fingerprint density at radius 2 is 1.78 bits per heavy atom. The fourth-order valence-corrected chi connectivity index (χ4v) is 4.25. The fourth-order valence-electron chi connectivity index (χ4n) is 3.79. The quantitative estimate of drug-likeness (QED) is 0.228. The Morgan fingerprint density at radius 3 is 2.17 bits per heavy atom. The zero-order chi connectivity index (χ0) is 27.8. The highest BCUT2D eigenvalue weighted by Crippen LogP contribution is 2.49. The van der Waals surface area contributed by atoms with Gasteiger partial charge in [-0.3, -0.25) is 9.69 Å². The number of halogens is 4. The van der Waals surface area contributed by atoms with Gasteiger partial charge in [0.1, 0.15) is 11.1 Å². The Kier molecular flexibility index (Phi) is 11.0. The van der Waals surface area contributed by atoms with E-state index in [9.17, 15) is 18.0 Å². The van der Waals surface area contributed by atoms with Gasteiger partial charge in [-0.1, -0.05) is 52.3 Å². The van der Waals surface area contributed by atoms with Crippen LogP contribution in [-0.2, 0) is 11.0 Å². The second-order valence-electron chi connectivity index (χ2n) is 8.32. The molecule has 2 fully saturated rings. The van der Waals surface area contributed by atoms with Crippen molar-refractivity contribution in [3.05, 3.63) is 65.2 Å². The zero-order valence-electron chi connectivity index (χ0n) is 21.6. The lowest BCUT2D eigenvalue weighted by Crippen LogP contribution is -2.54. The Morgan fingerprint density at radius 1 is 1.22 bits per heavy atom. The van der Waals surface area contributed by atoms with Gasteiger partial charge < -0.3 is 4.90 Å². The Hall–Kier alpha value is -2.99. The number of carbonyl (C=O) groups is 1. The van der Waals surface area contributed by atoms with Gasteiger partial charge in [0.2, 0.25) is 0 Å². The third kappa shape index (κ3) is 5.86. The molecular formula is C27H33F4N3OS. The van der Waals surface area contributed by atoms with Crippen LogP contribution in [0.5, 0.6) is 0 Å². The van der Waals surface area contributed by atoms with Crippen LogP contribution in [0, 0.1) is 17.1 Å². The van der Waals surface area contributed by atoms with Crippen LogP contribution in [0.15, 0.2) is 48.2 Å². The Bertz CT molecular complexity index is 1090. The number of hydrogen-bond acceptors (Lipinski definition) is 3. The molecule has 0 bridgehead atoms. The minimum Gasteiger partial charge on any atom is -0.303 e. The van der Waals surface area contributed by atoms with E-state index in [1.54, 1.807) is 17.1 Å². The topological polar surface area (TPSA) is 47.3 Å². The maximum absolute atomic E-state index is 15.1. The molecule has 2 aliphatic rings. The average Bonchev–Trinajstić information content (AvgIpc) is 3.02. The predicted octanol–water partition coefficient (Wildman–Crippen LogP) is 8.05. The van der Waals surface area contributed by atoms with Crippen molar-refractivity contribution in [3.8, 4) is 6.07 Å². The number of thiocarbonyl (C=S) groups is 1. The van der Waals surface area contributed by atoms with Gasteiger partial charge >= 0.3 is 6.18 Å². The average molecular weight is 524 g/mol. The highest BCUT2D eigenvalue weighted by atomic mass is 32.1. The highest BCUT2D eigenvalue weighted by Gasteiger charge is 2.60. The predicted molar refractivity (Wildman–Crippen MR) is 140 cm³/mol. The largest absolute Gasteiger partial charge is 0.420 e. The summed E-state index contributed by atoms with van der Waals surface area (Å²) in [6.07, 6.45) is 2.71. The number of anilines is 1. The van der Waals surface area contributed by atoms with E-state index in [2.05, 4.69) is 20.4 Å². The molecule has 0 atom stereocenters. The van der Waals surface area contributed by atoms with E-state index in [1.807, 2.05) is 27.7 Å². The molecule has 0 unspecified atom stereocenters. The summed E-state index contributed by atoms with van der Waals surface area (Å²) in [6, 6.07) is 3.18. The Labute approximate surface area is 216 Å². The normalized spacial score (nSPS) is 16.3. The molecule has 1 saturated carbocycles. The summed E-state index contributed by atoms with van der Waals surface area (Å²) in [5.41, 5.74) is -2.83. The zero-order valence-corrected chi connectivity index (χ0v) is 22.4. The van der Waals surface area contributed by atoms with Crippen LogP contribution in [0.25, 0.3) is 0 Å². The summed E-state index contributed by atoms with van der Waals surface area (Å²) < 4.78 is 55.4. The minimum absolute atomic E-state index is 0.130. The molecule has 36 heavy (non-hydrogen) atoms. The van der Waals surface area contributed by atoms with E-state index in [0.29, 0.717) is 18.5 Å². The lowest BCUT2D eigenvalue weighted by molar-refractivity contribution is -0.140. The molecule has 1 amide bonds. The fraction of sp³-hybridized carbons (Fsp3) is 0.444. The molecule has 9 heteroatoms. The molecule has 1 saturated heterocycles. The smallest absolute Gasteiger partial charge is 0.303 e. The van der Waals surface area contributed by atoms with Gasteiger partial charge in [-0.2, -0.15) is 18.4 Å². The summed E-state index contributed by atoms with van der Waals surface area (Å²) in [6.45, 7) is 15.8. The third-order valence-electron chi connectivity index (χ3n) is 5.41. The van der Waals surface area contributed by atoms with Crippen molar-refractivity contribution in [2.45, 2.75) is 78.9 Å². The maximum Gasteiger partial charge on any atom is 0.420 e. The van der Waals surface area contributed by atoms with Crippen LogP contribution < -0.4 is 4.90 Å². The van der Waals surface area contributed by atoms with E-state index < -0.39 is 40.3 Å². The molecule has 1 spiro atoms. The molecule has 1 aliphatic carbocycles. The van der Waals surface area contributed by atoms with E-state index in [1.165, 1.54) is 18.6 Å².